The third-order valence-corrected chi connectivity index (χ3v) is 5.88. The topological polar surface area (TPSA) is 65.7 Å². The van der Waals surface area contributed by atoms with E-state index in [-0.39, 0.29) is 10.6 Å². The van der Waals surface area contributed by atoms with E-state index in [0.717, 1.165) is 23.3 Å². The van der Waals surface area contributed by atoms with E-state index in [4.69, 9.17) is 4.52 Å². The molecule has 1 aromatic heterocycles. The van der Waals surface area contributed by atoms with Gasteiger partial charge in [0.2, 0.25) is 11.8 Å². The van der Waals surface area contributed by atoms with Crippen molar-refractivity contribution in [2.45, 2.75) is 34.1 Å². The van der Waals surface area contributed by atoms with Crippen molar-refractivity contribution in [1.29, 1.82) is 0 Å². The van der Waals surface area contributed by atoms with Crippen molar-refractivity contribution in [2.75, 3.05) is 44.7 Å². The number of amides is 1. The van der Waals surface area contributed by atoms with Crippen LogP contribution in [0.25, 0.3) is 5.57 Å². The summed E-state index contributed by atoms with van der Waals surface area (Å²) >= 11 is 0. The maximum Gasteiger partial charge on any atom is 0.266 e. The van der Waals surface area contributed by atoms with Gasteiger partial charge in [0.05, 0.1) is 6.54 Å². The molecular weight excluding hydrogens is 409 g/mol. The highest BCUT2D eigenvalue weighted by molar-refractivity contribution is 5.79. The number of halogens is 1. The maximum atomic E-state index is 12.9. The van der Waals surface area contributed by atoms with E-state index in [0.29, 0.717) is 44.6 Å². The number of carbonyl (C=O) groups excluding carboxylic acids is 1. The van der Waals surface area contributed by atoms with Gasteiger partial charge in [-0.3, -0.25) is 9.50 Å². The number of hydrogen-bond donors (Lipinski definition) is 0. The molecule has 3 rings (SSSR count). The van der Waals surface area contributed by atoms with Gasteiger partial charge >= 0.3 is 0 Å². The van der Waals surface area contributed by atoms with Gasteiger partial charge in [-0.2, -0.15) is 4.98 Å². The summed E-state index contributed by atoms with van der Waals surface area (Å²) in [7, 11) is 1.97. The van der Waals surface area contributed by atoms with Crippen LogP contribution in [0.1, 0.15) is 35.9 Å². The highest BCUT2D eigenvalue weighted by Gasteiger charge is 2.24. The van der Waals surface area contributed by atoms with Crippen LogP contribution < -0.4 is 4.90 Å². The third-order valence-electron chi connectivity index (χ3n) is 5.88. The Kier molecular flexibility index (Phi) is 8.57. The number of piperazine rings is 1. The summed E-state index contributed by atoms with van der Waals surface area (Å²) in [5.74, 6) is 1.28. The monoisotopic (exact) mass is 443 g/mol. The highest BCUT2D eigenvalue weighted by atomic mass is 19.0. The van der Waals surface area contributed by atoms with Crippen LogP contribution in [0.3, 0.4) is 0 Å². The minimum atomic E-state index is 0. The van der Waals surface area contributed by atoms with Crippen LogP contribution in [-0.2, 0) is 4.79 Å². The number of aromatic nitrogens is 2. The fourth-order valence-electron chi connectivity index (χ4n) is 3.69. The number of carbonyl (C=O) groups is 1. The molecule has 0 N–H and O–H groups in total. The molecular formula is C24H34FN5O2. The first-order valence-electron chi connectivity index (χ1n) is 10.8. The van der Waals surface area contributed by atoms with E-state index in [2.05, 4.69) is 66.7 Å². The van der Waals surface area contributed by atoms with E-state index in [1.54, 1.807) is 6.92 Å². The first kappa shape index (κ1) is 25.1. The Labute approximate surface area is 189 Å². The van der Waals surface area contributed by atoms with Crippen LogP contribution in [0.4, 0.5) is 10.7 Å². The SMILES string of the molecule is C=C(/C=C(/CC)N(C)CC(=O)N1CCN(c2noc(C)n2)CC1)c1ccc(C)c(C)c1.F. The van der Waals surface area contributed by atoms with Gasteiger partial charge in [0.25, 0.3) is 5.95 Å². The molecule has 7 nitrogen and oxygen atoms in total. The molecule has 1 aliphatic rings. The van der Waals surface area contributed by atoms with Crippen molar-refractivity contribution in [1.82, 2.24) is 19.9 Å². The van der Waals surface area contributed by atoms with E-state index >= 15 is 0 Å². The molecule has 0 aliphatic carbocycles. The predicted molar refractivity (Wildman–Crippen MR) is 126 cm³/mol. The summed E-state index contributed by atoms with van der Waals surface area (Å²) in [6.45, 7) is 15.4. The van der Waals surface area contributed by atoms with Crippen molar-refractivity contribution >= 4 is 17.4 Å². The molecule has 0 bridgehead atoms. The molecule has 1 aliphatic heterocycles. The van der Waals surface area contributed by atoms with Crippen LogP contribution in [0.5, 0.6) is 0 Å². The molecule has 1 saturated heterocycles. The summed E-state index contributed by atoms with van der Waals surface area (Å²) in [5.41, 5.74) is 5.69. The first-order valence-corrected chi connectivity index (χ1v) is 10.8. The summed E-state index contributed by atoms with van der Waals surface area (Å²) in [6, 6.07) is 6.39. The number of benzene rings is 1. The van der Waals surface area contributed by atoms with Gasteiger partial charge in [-0.15, -0.1) is 0 Å². The fourth-order valence-corrected chi connectivity index (χ4v) is 3.69. The number of hydrogen-bond acceptors (Lipinski definition) is 6. The molecule has 0 atom stereocenters. The third kappa shape index (κ3) is 5.96. The Morgan fingerprint density at radius 3 is 2.44 bits per heavy atom. The maximum absolute atomic E-state index is 12.9. The van der Waals surface area contributed by atoms with E-state index in [9.17, 15) is 4.79 Å². The van der Waals surface area contributed by atoms with Crippen LogP contribution in [0.2, 0.25) is 0 Å². The number of likely N-dealkylation sites (N-methyl/N-ethyl adjacent to an activating group) is 1. The lowest BCUT2D eigenvalue weighted by Crippen LogP contribution is -2.51. The quantitative estimate of drug-likeness (QED) is 0.608. The Bertz CT molecular complexity index is 977. The lowest BCUT2D eigenvalue weighted by molar-refractivity contribution is -0.132. The minimum absolute atomic E-state index is 0. The number of anilines is 1. The van der Waals surface area contributed by atoms with Gasteiger partial charge in [0, 0.05) is 45.8 Å². The fraction of sp³-hybridized carbons (Fsp3) is 0.458. The van der Waals surface area contributed by atoms with E-state index in [1.807, 2.05) is 16.8 Å². The molecule has 0 radical (unpaired) electrons. The lowest BCUT2D eigenvalue weighted by Gasteiger charge is -2.35. The Morgan fingerprint density at radius 2 is 1.88 bits per heavy atom. The number of aryl methyl sites for hydroxylation is 3. The zero-order valence-corrected chi connectivity index (χ0v) is 19.7. The molecule has 174 valence electrons. The van der Waals surface area contributed by atoms with Crippen molar-refractivity contribution in [3.8, 4) is 0 Å². The number of nitrogens with zero attached hydrogens (tertiary/aromatic N) is 5. The molecule has 1 fully saturated rings. The standard InChI is InChI=1S/C24H33N5O2.FH/c1-7-22(15-19(4)21-9-8-17(2)18(3)14-21)27(6)16-23(30)28-10-12-29(13-11-28)24-25-20(5)31-26-24;/h8-9,14-15H,4,7,10-13,16H2,1-3,5-6H3;1H/b22-15-;. The number of rotatable bonds is 7. The molecule has 32 heavy (non-hydrogen) atoms. The van der Waals surface area contributed by atoms with Gasteiger partial charge in [-0.05, 0) is 53.8 Å². The van der Waals surface area contributed by atoms with Gasteiger partial charge < -0.3 is 19.2 Å². The van der Waals surface area contributed by atoms with E-state index in [1.165, 1.54) is 11.1 Å². The van der Waals surface area contributed by atoms with Gasteiger partial charge in [-0.25, -0.2) is 0 Å². The van der Waals surface area contributed by atoms with E-state index < -0.39 is 0 Å². The molecule has 8 heteroatoms. The molecule has 0 unspecified atom stereocenters. The second-order valence-corrected chi connectivity index (χ2v) is 8.15. The Morgan fingerprint density at radius 1 is 1.19 bits per heavy atom. The van der Waals surface area contributed by atoms with Crippen molar-refractivity contribution in [2.24, 2.45) is 0 Å². The molecule has 2 heterocycles. The summed E-state index contributed by atoms with van der Waals surface area (Å²) in [4.78, 5) is 23.1. The zero-order chi connectivity index (χ0) is 22.5. The zero-order valence-electron chi connectivity index (χ0n) is 19.7. The minimum Gasteiger partial charge on any atom is -0.369 e. The molecule has 1 aromatic carbocycles. The van der Waals surface area contributed by atoms with Crippen molar-refractivity contribution < 1.29 is 14.0 Å². The van der Waals surface area contributed by atoms with Crippen molar-refractivity contribution in [3.63, 3.8) is 0 Å². The second-order valence-electron chi connectivity index (χ2n) is 8.15. The predicted octanol–water partition coefficient (Wildman–Crippen LogP) is 3.74. The summed E-state index contributed by atoms with van der Waals surface area (Å²) in [6.07, 6.45) is 2.92. The average molecular weight is 444 g/mol. The molecule has 0 spiro atoms. The Hall–Kier alpha value is -3.16. The summed E-state index contributed by atoms with van der Waals surface area (Å²) in [5, 5.41) is 3.97. The van der Waals surface area contributed by atoms with Crippen molar-refractivity contribution in [3.05, 3.63) is 59.1 Å². The van der Waals surface area contributed by atoms with Gasteiger partial charge in [0.15, 0.2) is 0 Å². The van der Waals surface area contributed by atoms with Crippen LogP contribution in [0, 0.1) is 20.8 Å². The molecule has 1 amide bonds. The molecule has 0 saturated carbocycles. The first-order chi connectivity index (χ1) is 14.8. The van der Waals surface area contributed by atoms with Gasteiger partial charge in [-0.1, -0.05) is 31.7 Å². The number of allylic oxidation sites excluding steroid dienone is 3. The van der Waals surface area contributed by atoms with Crippen LogP contribution in [-0.4, -0.2) is 65.6 Å². The lowest BCUT2D eigenvalue weighted by atomic mass is 10.0. The van der Waals surface area contributed by atoms with Crippen LogP contribution in [0.15, 0.2) is 41.1 Å². The summed E-state index contributed by atoms with van der Waals surface area (Å²) < 4.78 is 5.06. The second kappa shape index (κ2) is 10.9. The van der Waals surface area contributed by atoms with Crippen LogP contribution >= 0.6 is 0 Å². The normalized spacial score (nSPS) is 14.2. The van der Waals surface area contributed by atoms with Gasteiger partial charge in [0.1, 0.15) is 0 Å². The largest absolute Gasteiger partial charge is 0.369 e. The Balaban J connectivity index is 0.00000363. The molecule has 2 aromatic rings. The smallest absolute Gasteiger partial charge is 0.266 e. The average Bonchev–Trinajstić information content (AvgIpc) is 3.20. The highest BCUT2D eigenvalue weighted by Crippen LogP contribution is 2.21.